The summed E-state index contributed by atoms with van der Waals surface area (Å²) in [5.41, 5.74) is 13.2. The molecule has 2 rings (SSSR count). The maximum atomic E-state index is 5.98. The van der Waals surface area contributed by atoms with Crippen molar-refractivity contribution in [3.63, 3.8) is 0 Å². The van der Waals surface area contributed by atoms with E-state index in [1.807, 2.05) is 6.92 Å². The van der Waals surface area contributed by atoms with Crippen LogP contribution in [0.2, 0.25) is 5.02 Å². The van der Waals surface area contributed by atoms with Gasteiger partial charge in [0.2, 0.25) is 5.88 Å². The lowest BCUT2D eigenvalue weighted by Gasteiger charge is -2.14. The first-order valence-corrected chi connectivity index (χ1v) is 6.83. The van der Waals surface area contributed by atoms with Crippen LogP contribution >= 0.6 is 27.5 Å². The first kappa shape index (κ1) is 14.7. The van der Waals surface area contributed by atoms with Gasteiger partial charge in [0.1, 0.15) is 11.4 Å². The summed E-state index contributed by atoms with van der Waals surface area (Å²) in [6, 6.07) is 4.93. The van der Waals surface area contributed by atoms with E-state index in [-0.39, 0.29) is 0 Å². The average Bonchev–Trinajstić information content (AvgIpc) is 2.38. The average molecular weight is 359 g/mol. The molecular weight excluding hydrogens is 346 g/mol. The molecule has 0 aliphatic heterocycles. The van der Waals surface area contributed by atoms with Crippen LogP contribution in [0.4, 0.5) is 11.4 Å². The van der Waals surface area contributed by atoms with Crippen LogP contribution in [-0.4, -0.2) is 12.1 Å². The van der Waals surface area contributed by atoms with E-state index in [2.05, 4.69) is 20.9 Å². The number of halogens is 2. The van der Waals surface area contributed by atoms with Gasteiger partial charge >= 0.3 is 0 Å². The van der Waals surface area contributed by atoms with Crippen LogP contribution in [0.3, 0.4) is 0 Å². The van der Waals surface area contributed by atoms with Gasteiger partial charge in [-0.2, -0.15) is 0 Å². The second-order valence-electron chi connectivity index (χ2n) is 4.09. The fourth-order valence-corrected chi connectivity index (χ4v) is 2.27. The summed E-state index contributed by atoms with van der Waals surface area (Å²) in [6.45, 7) is 1.81. The monoisotopic (exact) mass is 357 g/mol. The number of rotatable bonds is 3. The number of aryl methyl sites for hydroxylation is 1. The summed E-state index contributed by atoms with van der Waals surface area (Å²) >= 11 is 9.35. The van der Waals surface area contributed by atoms with E-state index in [1.165, 1.54) is 7.11 Å². The molecule has 0 spiro atoms. The highest BCUT2D eigenvalue weighted by Gasteiger charge is 2.17. The molecule has 0 saturated heterocycles. The maximum absolute atomic E-state index is 5.98. The normalized spacial score (nSPS) is 10.4. The van der Waals surface area contributed by atoms with E-state index in [0.29, 0.717) is 43.9 Å². The highest BCUT2D eigenvalue weighted by Crippen LogP contribution is 2.41. The van der Waals surface area contributed by atoms with Gasteiger partial charge in [0.15, 0.2) is 5.75 Å². The summed E-state index contributed by atoms with van der Waals surface area (Å²) in [5, 5.41) is 0.479. The molecule has 0 amide bonds. The van der Waals surface area contributed by atoms with Crippen molar-refractivity contribution in [3.05, 3.63) is 33.4 Å². The Morgan fingerprint density at radius 2 is 1.95 bits per heavy atom. The molecule has 4 N–H and O–H groups in total. The van der Waals surface area contributed by atoms with E-state index in [0.717, 1.165) is 0 Å². The Balaban J connectivity index is 2.50. The van der Waals surface area contributed by atoms with Crippen LogP contribution in [-0.2, 0) is 0 Å². The predicted molar refractivity (Wildman–Crippen MR) is 83.6 cm³/mol. The van der Waals surface area contributed by atoms with E-state index in [4.69, 9.17) is 32.5 Å². The molecule has 0 radical (unpaired) electrons. The molecule has 1 aromatic heterocycles. The van der Waals surface area contributed by atoms with E-state index in [9.17, 15) is 0 Å². The van der Waals surface area contributed by atoms with Crippen LogP contribution in [0.1, 0.15) is 5.69 Å². The number of nitrogens with zero attached hydrogens (tertiary/aromatic N) is 1. The molecule has 1 heterocycles. The number of ether oxygens (including phenoxy) is 2. The third kappa shape index (κ3) is 2.91. The molecule has 0 atom stereocenters. The predicted octanol–water partition coefficient (Wildman–Crippen LogP) is 3.77. The van der Waals surface area contributed by atoms with Crippen molar-refractivity contribution >= 4 is 38.9 Å². The molecule has 0 bridgehead atoms. The molecule has 0 saturated carbocycles. The Morgan fingerprint density at radius 3 is 2.55 bits per heavy atom. The van der Waals surface area contributed by atoms with Crippen molar-refractivity contribution in [2.75, 3.05) is 18.6 Å². The van der Waals surface area contributed by atoms with Crippen molar-refractivity contribution in [1.82, 2.24) is 4.98 Å². The highest BCUT2D eigenvalue weighted by molar-refractivity contribution is 9.10. The topological polar surface area (TPSA) is 83.4 Å². The van der Waals surface area contributed by atoms with Crippen LogP contribution in [0, 0.1) is 6.92 Å². The third-order valence-corrected chi connectivity index (χ3v) is 3.72. The Bertz CT molecular complexity index is 644. The van der Waals surface area contributed by atoms with Crippen LogP contribution in [0.15, 0.2) is 22.7 Å². The van der Waals surface area contributed by atoms with Gasteiger partial charge in [0.25, 0.3) is 0 Å². The first-order valence-electron chi connectivity index (χ1n) is 5.66. The van der Waals surface area contributed by atoms with Gasteiger partial charge < -0.3 is 20.9 Å². The summed E-state index contributed by atoms with van der Waals surface area (Å²) in [4.78, 5) is 4.20. The zero-order valence-corrected chi connectivity index (χ0v) is 13.2. The van der Waals surface area contributed by atoms with Crippen LogP contribution in [0.25, 0.3) is 0 Å². The maximum Gasteiger partial charge on any atom is 0.241 e. The van der Waals surface area contributed by atoms with Gasteiger partial charge in [-0.15, -0.1) is 0 Å². The summed E-state index contributed by atoms with van der Waals surface area (Å²) < 4.78 is 11.5. The first-order chi connectivity index (χ1) is 9.42. The minimum atomic E-state index is 0.295. The summed E-state index contributed by atoms with van der Waals surface area (Å²) in [5.74, 6) is 1.20. The summed E-state index contributed by atoms with van der Waals surface area (Å²) in [6.07, 6.45) is 0. The number of nitrogens with two attached hydrogens (primary N) is 2. The number of nitrogen functional groups attached to an aromatic ring is 2. The Morgan fingerprint density at radius 1 is 1.25 bits per heavy atom. The Labute approximate surface area is 130 Å². The van der Waals surface area contributed by atoms with Gasteiger partial charge in [-0.3, -0.25) is 0 Å². The van der Waals surface area contributed by atoms with E-state index >= 15 is 0 Å². The van der Waals surface area contributed by atoms with E-state index < -0.39 is 0 Å². The molecule has 5 nitrogen and oxygen atoms in total. The van der Waals surface area contributed by atoms with Gasteiger partial charge in [-0.25, -0.2) is 4.98 Å². The smallest absolute Gasteiger partial charge is 0.241 e. The van der Waals surface area contributed by atoms with Crippen molar-refractivity contribution in [2.24, 2.45) is 0 Å². The van der Waals surface area contributed by atoms with Crippen molar-refractivity contribution in [1.29, 1.82) is 0 Å². The zero-order chi connectivity index (χ0) is 14.9. The number of methoxy groups -OCH3 is 1. The molecule has 106 valence electrons. The lowest BCUT2D eigenvalue weighted by atomic mass is 10.3. The number of aromatic nitrogens is 1. The standard InChI is InChI=1S/C13H13BrClN3O2/c1-6-10(14)12(11(17)13(18-6)19-2)20-9-4-7(15)3-8(16)5-9/h3-5H,16-17H2,1-2H3. The zero-order valence-electron chi connectivity index (χ0n) is 10.9. The highest BCUT2D eigenvalue weighted by atomic mass is 79.9. The van der Waals surface area contributed by atoms with Crippen molar-refractivity contribution in [2.45, 2.75) is 6.92 Å². The number of pyridine rings is 1. The van der Waals surface area contributed by atoms with Crippen LogP contribution < -0.4 is 20.9 Å². The largest absolute Gasteiger partial charge is 0.479 e. The van der Waals surface area contributed by atoms with Crippen molar-refractivity contribution < 1.29 is 9.47 Å². The lowest BCUT2D eigenvalue weighted by molar-refractivity contribution is 0.394. The van der Waals surface area contributed by atoms with Crippen LogP contribution in [0.5, 0.6) is 17.4 Å². The Kier molecular flexibility index (Phi) is 4.25. The molecular formula is C13H13BrClN3O2. The molecule has 7 heteroatoms. The van der Waals surface area contributed by atoms with Crippen molar-refractivity contribution in [3.8, 4) is 17.4 Å². The second kappa shape index (κ2) is 5.76. The fraction of sp³-hybridized carbons (Fsp3) is 0.154. The third-order valence-electron chi connectivity index (χ3n) is 2.57. The quantitative estimate of drug-likeness (QED) is 0.816. The SMILES string of the molecule is COc1nc(C)c(Br)c(Oc2cc(N)cc(Cl)c2)c1N. The second-order valence-corrected chi connectivity index (χ2v) is 5.32. The molecule has 0 aliphatic carbocycles. The minimum absolute atomic E-state index is 0.295. The van der Waals surface area contributed by atoms with Gasteiger partial charge in [0.05, 0.1) is 17.3 Å². The van der Waals surface area contributed by atoms with Gasteiger partial charge in [-0.05, 0) is 35.0 Å². The van der Waals surface area contributed by atoms with Gasteiger partial charge in [0, 0.05) is 16.8 Å². The molecule has 0 fully saturated rings. The molecule has 20 heavy (non-hydrogen) atoms. The molecule has 1 aromatic carbocycles. The lowest BCUT2D eigenvalue weighted by Crippen LogP contribution is -2.02. The molecule has 0 unspecified atom stereocenters. The number of benzene rings is 1. The fourth-order valence-electron chi connectivity index (χ4n) is 1.66. The number of anilines is 2. The Hall–Kier alpha value is -1.66. The molecule has 0 aliphatic rings. The number of hydrogen-bond donors (Lipinski definition) is 2. The van der Waals surface area contributed by atoms with E-state index in [1.54, 1.807) is 18.2 Å². The number of hydrogen-bond acceptors (Lipinski definition) is 5. The summed E-state index contributed by atoms with van der Waals surface area (Å²) in [7, 11) is 1.49. The molecule has 2 aromatic rings. The minimum Gasteiger partial charge on any atom is -0.479 e. The van der Waals surface area contributed by atoms with Gasteiger partial charge in [-0.1, -0.05) is 11.6 Å².